The van der Waals surface area contributed by atoms with Crippen LogP contribution in [0.4, 0.5) is 0 Å². The summed E-state index contributed by atoms with van der Waals surface area (Å²) in [7, 11) is 2.17. The lowest BCUT2D eigenvalue weighted by Crippen LogP contribution is -2.20. The van der Waals surface area contributed by atoms with Gasteiger partial charge in [0.15, 0.2) is 0 Å². The molecule has 1 aromatic rings. The first-order valence-electron chi connectivity index (χ1n) is 5.00. The molecular formula is C11H15ClN2. The van der Waals surface area contributed by atoms with Gasteiger partial charge in [-0.3, -0.25) is 4.90 Å². The molecule has 0 bridgehead atoms. The van der Waals surface area contributed by atoms with Gasteiger partial charge in [0, 0.05) is 12.2 Å². The van der Waals surface area contributed by atoms with E-state index in [-0.39, 0.29) is 0 Å². The monoisotopic (exact) mass is 210 g/mol. The van der Waals surface area contributed by atoms with Gasteiger partial charge >= 0.3 is 0 Å². The minimum absolute atomic E-state index is 0.514. The fourth-order valence-electron chi connectivity index (χ4n) is 2.28. The molecule has 0 aromatic carbocycles. The standard InChI is InChI=1S/C11H15ClN2/c1-8-5-6-14(2)11(8)9-3-4-10(12)13-7-9/h3-4,7-8,11H,5-6H2,1-2H3. The molecule has 76 valence electrons. The van der Waals surface area contributed by atoms with Crippen LogP contribution in [-0.4, -0.2) is 23.5 Å². The molecule has 1 saturated heterocycles. The van der Waals surface area contributed by atoms with Crippen molar-refractivity contribution in [2.24, 2.45) is 5.92 Å². The van der Waals surface area contributed by atoms with E-state index in [2.05, 4.69) is 29.9 Å². The van der Waals surface area contributed by atoms with Gasteiger partial charge in [-0.1, -0.05) is 24.6 Å². The molecule has 2 nitrogen and oxygen atoms in total. The van der Waals surface area contributed by atoms with Crippen molar-refractivity contribution < 1.29 is 0 Å². The molecule has 2 atom stereocenters. The molecule has 2 heterocycles. The van der Waals surface area contributed by atoms with E-state index in [1.165, 1.54) is 18.5 Å². The highest BCUT2D eigenvalue weighted by atomic mass is 35.5. The highest BCUT2D eigenvalue weighted by Crippen LogP contribution is 2.35. The Morgan fingerprint density at radius 1 is 1.50 bits per heavy atom. The third-order valence-corrected chi connectivity index (χ3v) is 3.27. The molecule has 1 aliphatic heterocycles. The van der Waals surface area contributed by atoms with E-state index >= 15 is 0 Å². The van der Waals surface area contributed by atoms with Crippen LogP contribution >= 0.6 is 11.6 Å². The maximum Gasteiger partial charge on any atom is 0.129 e. The molecule has 3 heteroatoms. The van der Waals surface area contributed by atoms with Crippen molar-refractivity contribution in [1.82, 2.24) is 9.88 Å². The van der Waals surface area contributed by atoms with Crippen LogP contribution in [0.1, 0.15) is 24.9 Å². The van der Waals surface area contributed by atoms with Gasteiger partial charge < -0.3 is 0 Å². The summed E-state index contributed by atoms with van der Waals surface area (Å²) in [5.41, 5.74) is 1.28. The number of rotatable bonds is 1. The summed E-state index contributed by atoms with van der Waals surface area (Å²) in [6, 6.07) is 4.47. The van der Waals surface area contributed by atoms with Gasteiger partial charge in [-0.15, -0.1) is 0 Å². The maximum absolute atomic E-state index is 5.77. The molecule has 0 saturated carbocycles. The van der Waals surface area contributed by atoms with Crippen molar-refractivity contribution in [3.63, 3.8) is 0 Å². The second kappa shape index (κ2) is 3.87. The smallest absolute Gasteiger partial charge is 0.129 e. The fraction of sp³-hybridized carbons (Fsp3) is 0.545. The largest absolute Gasteiger partial charge is 0.299 e. The van der Waals surface area contributed by atoms with E-state index in [9.17, 15) is 0 Å². The lowest BCUT2D eigenvalue weighted by Gasteiger charge is -2.22. The Labute approximate surface area is 89.9 Å². The Morgan fingerprint density at radius 2 is 2.29 bits per heavy atom. The lowest BCUT2D eigenvalue weighted by molar-refractivity contribution is 0.285. The molecule has 1 aromatic heterocycles. The first kappa shape index (κ1) is 9.94. The fourth-order valence-corrected chi connectivity index (χ4v) is 2.40. The van der Waals surface area contributed by atoms with Crippen LogP contribution in [-0.2, 0) is 0 Å². The predicted molar refractivity (Wildman–Crippen MR) is 58.4 cm³/mol. The average molecular weight is 211 g/mol. The van der Waals surface area contributed by atoms with Gasteiger partial charge in [-0.25, -0.2) is 4.98 Å². The quantitative estimate of drug-likeness (QED) is 0.663. The molecule has 14 heavy (non-hydrogen) atoms. The van der Waals surface area contributed by atoms with E-state index in [0.29, 0.717) is 17.1 Å². The molecule has 0 aliphatic carbocycles. The molecule has 0 radical (unpaired) electrons. The van der Waals surface area contributed by atoms with E-state index in [1.54, 1.807) is 0 Å². The molecule has 2 rings (SSSR count). The zero-order chi connectivity index (χ0) is 10.1. The Bertz CT molecular complexity index is 300. The van der Waals surface area contributed by atoms with Crippen molar-refractivity contribution in [2.45, 2.75) is 19.4 Å². The Morgan fingerprint density at radius 3 is 2.79 bits per heavy atom. The van der Waals surface area contributed by atoms with Crippen LogP contribution in [0.15, 0.2) is 18.3 Å². The number of aromatic nitrogens is 1. The first-order valence-corrected chi connectivity index (χ1v) is 5.38. The Balaban J connectivity index is 2.25. The van der Waals surface area contributed by atoms with Gasteiger partial charge in [-0.2, -0.15) is 0 Å². The van der Waals surface area contributed by atoms with Gasteiger partial charge in [-0.05, 0) is 37.6 Å². The van der Waals surface area contributed by atoms with Crippen LogP contribution in [0.25, 0.3) is 0 Å². The van der Waals surface area contributed by atoms with Crippen LogP contribution in [0.5, 0.6) is 0 Å². The second-order valence-electron chi connectivity index (χ2n) is 4.11. The van der Waals surface area contributed by atoms with E-state index in [1.807, 2.05) is 12.3 Å². The van der Waals surface area contributed by atoms with Crippen LogP contribution in [0, 0.1) is 5.92 Å². The van der Waals surface area contributed by atoms with Crippen molar-refractivity contribution >= 4 is 11.6 Å². The highest BCUT2D eigenvalue weighted by Gasteiger charge is 2.29. The molecule has 0 N–H and O–H groups in total. The number of hydrogen-bond donors (Lipinski definition) is 0. The second-order valence-corrected chi connectivity index (χ2v) is 4.49. The van der Waals surface area contributed by atoms with Gasteiger partial charge in [0.2, 0.25) is 0 Å². The highest BCUT2D eigenvalue weighted by molar-refractivity contribution is 6.29. The summed E-state index contributed by atoms with van der Waals surface area (Å²) in [5.74, 6) is 0.711. The number of nitrogens with zero attached hydrogens (tertiary/aromatic N) is 2. The van der Waals surface area contributed by atoms with Crippen LogP contribution in [0.3, 0.4) is 0 Å². The maximum atomic E-state index is 5.77. The first-order chi connectivity index (χ1) is 6.68. The predicted octanol–water partition coefficient (Wildman–Crippen LogP) is 2.75. The Hall–Kier alpha value is -0.600. The van der Waals surface area contributed by atoms with Crippen molar-refractivity contribution in [1.29, 1.82) is 0 Å². The van der Waals surface area contributed by atoms with E-state index in [4.69, 9.17) is 11.6 Å². The lowest BCUT2D eigenvalue weighted by atomic mass is 9.97. The average Bonchev–Trinajstić information content (AvgIpc) is 2.49. The van der Waals surface area contributed by atoms with Gasteiger partial charge in [0.05, 0.1) is 0 Å². The van der Waals surface area contributed by atoms with E-state index < -0.39 is 0 Å². The molecule has 0 amide bonds. The minimum Gasteiger partial charge on any atom is -0.299 e. The summed E-state index contributed by atoms with van der Waals surface area (Å²) < 4.78 is 0. The number of hydrogen-bond acceptors (Lipinski definition) is 2. The molecular weight excluding hydrogens is 196 g/mol. The summed E-state index contributed by atoms with van der Waals surface area (Å²) in [4.78, 5) is 6.52. The Kier molecular flexibility index (Phi) is 2.75. The normalized spacial score (nSPS) is 28.2. The zero-order valence-electron chi connectivity index (χ0n) is 8.57. The third-order valence-electron chi connectivity index (χ3n) is 3.04. The van der Waals surface area contributed by atoms with Crippen molar-refractivity contribution in [2.75, 3.05) is 13.6 Å². The van der Waals surface area contributed by atoms with Gasteiger partial charge in [0.25, 0.3) is 0 Å². The molecule has 0 spiro atoms. The zero-order valence-corrected chi connectivity index (χ0v) is 9.33. The van der Waals surface area contributed by atoms with Gasteiger partial charge in [0.1, 0.15) is 5.15 Å². The SMILES string of the molecule is CC1CCN(C)C1c1ccc(Cl)nc1. The minimum atomic E-state index is 0.514. The number of likely N-dealkylation sites (tertiary alicyclic amines) is 1. The summed E-state index contributed by atoms with van der Waals surface area (Å²) >= 11 is 5.77. The molecule has 1 aliphatic rings. The number of pyridine rings is 1. The van der Waals surface area contributed by atoms with Crippen molar-refractivity contribution in [3.05, 3.63) is 29.0 Å². The topological polar surface area (TPSA) is 16.1 Å². The summed E-state index contributed by atoms with van der Waals surface area (Å²) in [6.07, 6.45) is 3.16. The third kappa shape index (κ3) is 1.77. The van der Waals surface area contributed by atoms with E-state index in [0.717, 1.165) is 0 Å². The van der Waals surface area contributed by atoms with Crippen molar-refractivity contribution in [3.8, 4) is 0 Å². The molecule has 1 fully saturated rings. The van der Waals surface area contributed by atoms with Crippen LogP contribution in [0.2, 0.25) is 5.15 Å². The molecule has 2 unspecified atom stereocenters. The number of halogens is 1. The van der Waals surface area contributed by atoms with Crippen LogP contribution < -0.4 is 0 Å². The summed E-state index contributed by atoms with van der Waals surface area (Å²) in [5, 5.41) is 0.571. The summed E-state index contributed by atoms with van der Waals surface area (Å²) in [6.45, 7) is 3.47.